The van der Waals surface area contributed by atoms with Crippen molar-refractivity contribution in [3.8, 4) is 0 Å². The Kier molecular flexibility index (Phi) is 4.50. The zero-order valence-corrected chi connectivity index (χ0v) is 8.13. The number of hydrogen-bond donors (Lipinski definition) is 0. The predicted octanol–water partition coefficient (Wildman–Crippen LogP) is 2.83. The Labute approximate surface area is 83.2 Å². The van der Waals surface area contributed by atoms with E-state index in [4.69, 9.17) is 16.3 Å². The van der Waals surface area contributed by atoms with Gasteiger partial charge in [-0.25, -0.2) is 4.98 Å². The van der Waals surface area contributed by atoms with Crippen LogP contribution in [0.5, 0.6) is 0 Å². The summed E-state index contributed by atoms with van der Waals surface area (Å²) in [5.74, 6) is 0. The van der Waals surface area contributed by atoms with Gasteiger partial charge in [-0.15, -0.1) is 6.58 Å². The lowest BCUT2D eigenvalue weighted by Crippen LogP contribution is -1.95. The van der Waals surface area contributed by atoms with Crippen LogP contribution < -0.4 is 0 Å². The minimum atomic E-state index is 0.514. The van der Waals surface area contributed by atoms with E-state index in [1.165, 1.54) is 0 Å². The van der Waals surface area contributed by atoms with Crippen LogP contribution in [0.4, 0.5) is 0 Å². The first-order valence-electron chi connectivity index (χ1n) is 4.12. The Balaban J connectivity index is 2.36. The molecular formula is C10H12ClNO. The maximum Gasteiger partial charge on any atom is 0.134 e. The zero-order valence-electron chi connectivity index (χ0n) is 7.37. The Morgan fingerprint density at radius 2 is 2.46 bits per heavy atom. The van der Waals surface area contributed by atoms with Crippen molar-refractivity contribution in [2.75, 3.05) is 6.61 Å². The van der Waals surface area contributed by atoms with Gasteiger partial charge in [0.2, 0.25) is 0 Å². The Morgan fingerprint density at radius 1 is 1.62 bits per heavy atom. The molecule has 2 nitrogen and oxygen atoms in total. The van der Waals surface area contributed by atoms with Crippen molar-refractivity contribution >= 4 is 11.6 Å². The van der Waals surface area contributed by atoms with Crippen LogP contribution in [0.15, 0.2) is 31.0 Å². The van der Waals surface area contributed by atoms with Crippen molar-refractivity contribution in [1.29, 1.82) is 0 Å². The van der Waals surface area contributed by atoms with Gasteiger partial charge in [-0.05, 0) is 12.5 Å². The van der Waals surface area contributed by atoms with Gasteiger partial charge in [0, 0.05) is 11.8 Å². The smallest absolute Gasteiger partial charge is 0.134 e. The molecule has 3 heteroatoms. The summed E-state index contributed by atoms with van der Waals surface area (Å²) in [5.41, 5.74) is 0.924. The van der Waals surface area contributed by atoms with E-state index in [-0.39, 0.29) is 0 Å². The normalized spacial score (nSPS) is 9.92. The molecule has 1 heterocycles. The summed E-state index contributed by atoms with van der Waals surface area (Å²) in [6, 6.07) is 3.75. The van der Waals surface area contributed by atoms with Gasteiger partial charge in [-0.2, -0.15) is 0 Å². The van der Waals surface area contributed by atoms with Crippen LogP contribution in [0, 0.1) is 0 Å². The average molecular weight is 198 g/mol. The number of pyridine rings is 1. The fourth-order valence-electron chi connectivity index (χ4n) is 0.876. The van der Waals surface area contributed by atoms with Crippen molar-refractivity contribution in [1.82, 2.24) is 4.98 Å². The van der Waals surface area contributed by atoms with Crippen molar-refractivity contribution in [3.63, 3.8) is 0 Å². The first-order chi connectivity index (χ1) is 6.34. The van der Waals surface area contributed by atoms with Crippen molar-refractivity contribution in [2.45, 2.75) is 13.0 Å². The number of halogens is 1. The second-order valence-corrected chi connectivity index (χ2v) is 2.94. The highest BCUT2D eigenvalue weighted by molar-refractivity contribution is 6.30. The maximum atomic E-state index is 5.83. The maximum absolute atomic E-state index is 5.83. The Hall–Kier alpha value is -0.860. The summed E-state index contributed by atoms with van der Waals surface area (Å²) in [6.07, 6.45) is 4.35. The minimum Gasteiger partial charge on any atom is -0.376 e. The second-order valence-electron chi connectivity index (χ2n) is 2.58. The van der Waals surface area contributed by atoms with Gasteiger partial charge in [0.05, 0.1) is 13.2 Å². The lowest BCUT2D eigenvalue weighted by molar-refractivity contribution is 0.125. The van der Waals surface area contributed by atoms with Crippen molar-refractivity contribution < 1.29 is 4.74 Å². The zero-order chi connectivity index (χ0) is 9.52. The van der Waals surface area contributed by atoms with Gasteiger partial charge in [0.1, 0.15) is 5.15 Å². The predicted molar refractivity (Wildman–Crippen MR) is 53.7 cm³/mol. The van der Waals surface area contributed by atoms with Crippen LogP contribution in [0.2, 0.25) is 5.15 Å². The van der Waals surface area contributed by atoms with Gasteiger partial charge < -0.3 is 4.74 Å². The standard InChI is InChI=1S/C10H12ClNO/c1-2-3-7-13-8-9-5-4-6-12-10(9)11/h2,4-6H,1,3,7-8H2. The summed E-state index contributed by atoms with van der Waals surface area (Å²) in [6.45, 7) is 4.79. The van der Waals surface area contributed by atoms with Gasteiger partial charge in [-0.1, -0.05) is 23.7 Å². The van der Waals surface area contributed by atoms with Crippen LogP contribution >= 0.6 is 11.6 Å². The van der Waals surface area contributed by atoms with Crippen LogP contribution in [0.25, 0.3) is 0 Å². The van der Waals surface area contributed by atoms with E-state index >= 15 is 0 Å². The van der Waals surface area contributed by atoms with E-state index < -0.39 is 0 Å². The summed E-state index contributed by atoms with van der Waals surface area (Å²) in [4.78, 5) is 3.94. The van der Waals surface area contributed by atoms with Crippen LogP contribution in [0.3, 0.4) is 0 Å². The largest absolute Gasteiger partial charge is 0.376 e. The third kappa shape index (κ3) is 3.57. The van der Waals surface area contributed by atoms with E-state index in [1.54, 1.807) is 6.20 Å². The lowest BCUT2D eigenvalue weighted by Gasteiger charge is -2.03. The first kappa shape index (κ1) is 10.2. The molecule has 0 N–H and O–H groups in total. The number of nitrogens with zero attached hydrogens (tertiary/aromatic N) is 1. The Bertz CT molecular complexity index is 275. The minimum absolute atomic E-state index is 0.514. The molecule has 0 bridgehead atoms. The van der Waals surface area contributed by atoms with Crippen LogP contribution in [-0.2, 0) is 11.3 Å². The number of aromatic nitrogens is 1. The monoisotopic (exact) mass is 197 g/mol. The van der Waals surface area contributed by atoms with Gasteiger partial charge in [0.15, 0.2) is 0 Å². The van der Waals surface area contributed by atoms with Gasteiger partial charge in [0.25, 0.3) is 0 Å². The molecule has 0 fully saturated rings. The second kappa shape index (κ2) is 5.73. The van der Waals surface area contributed by atoms with E-state index in [2.05, 4.69) is 11.6 Å². The molecule has 1 aromatic heterocycles. The van der Waals surface area contributed by atoms with Gasteiger partial charge >= 0.3 is 0 Å². The summed E-state index contributed by atoms with van der Waals surface area (Å²) in [7, 11) is 0. The molecule has 70 valence electrons. The first-order valence-corrected chi connectivity index (χ1v) is 4.50. The molecule has 0 radical (unpaired) electrons. The summed E-state index contributed by atoms with van der Waals surface area (Å²) < 4.78 is 5.35. The molecule has 0 aliphatic heterocycles. The van der Waals surface area contributed by atoms with Crippen molar-refractivity contribution in [3.05, 3.63) is 41.7 Å². The molecule has 13 heavy (non-hydrogen) atoms. The van der Waals surface area contributed by atoms with E-state index in [1.807, 2.05) is 18.2 Å². The van der Waals surface area contributed by atoms with Gasteiger partial charge in [-0.3, -0.25) is 0 Å². The Morgan fingerprint density at radius 3 is 3.15 bits per heavy atom. The molecule has 0 spiro atoms. The fraction of sp³-hybridized carbons (Fsp3) is 0.300. The SMILES string of the molecule is C=CCCOCc1cccnc1Cl. The number of hydrogen-bond acceptors (Lipinski definition) is 2. The molecule has 1 rings (SSSR count). The number of ether oxygens (including phenoxy) is 1. The molecular weight excluding hydrogens is 186 g/mol. The number of rotatable bonds is 5. The molecule has 0 unspecified atom stereocenters. The molecule has 0 aromatic carbocycles. The van der Waals surface area contributed by atoms with Crippen LogP contribution in [0.1, 0.15) is 12.0 Å². The molecule has 0 amide bonds. The third-order valence-corrected chi connectivity index (χ3v) is 1.90. The highest BCUT2D eigenvalue weighted by Gasteiger charge is 1.98. The molecule has 0 aliphatic rings. The fourth-order valence-corrected chi connectivity index (χ4v) is 1.05. The summed E-state index contributed by atoms with van der Waals surface area (Å²) >= 11 is 5.83. The molecule has 1 aromatic rings. The quantitative estimate of drug-likeness (QED) is 0.412. The topological polar surface area (TPSA) is 22.1 Å². The van der Waals surface area contributed by atoms with E-state index in [9.17, 15) is 0 Å². The molecule has 0 aliphatic carbocycles. The van der Waals surface area contributed by atoms with E-state index in [0.717, 1.165) is 12.0 Å². The van der Waals surface area contributed by atoms with Crippen LogP contribution in [-0.4, -0.2) is 11.6 Å². The highest BCUT2D eigenvalue weighted by atomic mass is 35.5. The molecule has 0 saturated carbocycles. The lowest BCUT2D eigenvalue weighted by atomic mass is 10.3. The average Bonchev–Trinajstić information content (AvgIpc) is 2.15. The molecule has 0 atom stereocenters. The third-order valence-electron chi connectivity index (χ3n) is 1.56. The van der Waals surface area contributed by atoms with Crippen molar-refractivity contribution in [2.24, 2.45) is 0 Å². The highest BCUT2D eigenvalue weighted by Crippen LogP contribution is 2.12. The van der Waals surface area contributed by atoms with E-state index in [0.29, 0.717) is 18.4 Å². The molecule has 0 saturated heterocycles. The summed E-state index contributed by atoms with van der Waals surface area (Å²) in [5, 5.41) is 0.515.